The van der Waals surface area contributed by atoms with Crippen LogP contribution in [0.25, 0.3) is 0 Å². The van der Waals surface area contributed by atoms with Crippen molar-refractivity contribution in [1.82, 2.24) is 19.8 Å². The average molecular weight is 355 g/mol. The molecule has 1 aliphatic heterocycles. The molecule has 1 N–H and O–H groups in total. The molecule has 1 aliphatic rings. The highest BCUT2D eigenvalue weighted by atomic mass is 79.9. The van der Waals surface area contributed by atoms with E-state index in [9.17, 15) is 4.79 Å². The van der Waals surface area contributed by atoms with Gasteiger partial charge >= 0.3 is 0 Å². The summed E-state index contributed by atoms with van der Waals surface area (Å²) in [7, 11) is 1.96. The molecular formula is C13H15BrN4OS. The number of piperazine rings is 1. The third-order valence-electron chi connectivity index (χ3n) is 3.44. The fourth-order valence-corrected chi connectivity index (χ4v) is 3.82. The zero-order valence-corrected chi connectivity index (χ0v) is 13.4. The first-order valence-corrected chi connectivity index (χ1v) is 8.07. The van der Waals surface area contributed by atoms with E-state index in [-0.39, 0.29) is 11.9 Å². The van der Waals surface area contributed by atoms with Gasteiger partial charge in [-0.3, -0.25) is 4.79 Å². The number of aromatic nitrogens is 2. The molecule has 3 rings (SSSR count). The molecule has 2 aromatic rings. The minimum atomic E-state index is -0.0166. The second-order valence-electron chi connectivity index (χ2n) is 4.74. The number of hydrogen-bond acceptors (Lipinski definition) is 4. The Kier molecular flexibility index (Phi) is 3.91. The molecule has 1 amide bonds. The van der Waals surface area contributed by atoms with Crippen molar-refractivity contribution in [2.45, 2.75) is 6.04 Å². The van der Waals surface area contributed by atoms with Gasteiger partial charge in [0.15, 0.2) is 0 Å². The third kappa shape index (κ3) is 2.53. The number of amides is 1. The van der Waals surface area contributed by atoms with E-state index in [0.717, 1.165) is 28.3 Å². The van der Waals surface area contributed by atoms with Gasteiger partial charge in [-0.05, 0) is 22.0 Å². The van der Waals surface area contributed by atoms with Crippen LogP contribution in [0.4, 0.5) is 0 Å². The fourth-order valence-electron chi connectivity index (χ4n) is 2.44. The van der Waals surface area contributed by atoms with Crippen LogP contribution in [0, 0.1) is 0 Å². The van der Waals surface area contributed by atoms with Crippen LogP contribution >= 0.6 is 27.3 Å². The SMILES string of the molecule is Cn1ccnc1C1CNCCN1C(=O)c1cc(Br)cs1. The lowest BCUT2D eigenvalue weighted by Gasteiger charge is -2.35. The Morgan fingerprint density at radius 1 is 1.60 bits per heavy atom. The molecular weight excluding hydrogens is 340 g/mol. The van der Waals surface area contributed by atoms with E-state index >= 15 is 0 Å². The molecule has 0 aromatic carbocycles. The summed E-state index contributed by atoms with van der Waals surface area (Å²) in [5.41, 5.74) is 0. The lowest BCUT2D eigenvalue weighted by atomic mass is 10.1. The molecule has 1 fully saturated rings. The molecule has 0 bridgehead atoms. The number of carbonyl (C=O) groups excluding carboxylic acids is 1. The average Bonchev–Trinajstić information content (AvgIpc) is 3.07. The molecule has 3 heterocycles. The normalized spacial score (nSPS) is 19.3. The molecule has 0 radical (unpaired) electrons. The lowest BCUT2D eigenvalue weighted by Crippen LogP contribution is -2.49. The summed E-state index contributed by atoms with van der Waals surface area (Å²) in [5.74, 6) is 0.997. The van der Waals surface area contributed by atoms with Crippen LogP contribution in [-0.2, 0) is 7.05 Å². The van der Waals surface area contributed by atoms with Crippen LogP contribution in [0.2, 0.25) is 0 Å². The Morgan fingerprint density at radius 2 is 2.45 bits per heavy atom. The number of thiophene rings is 1. The van der Waals surface area contributed by atoms with Crippen LogP contribution in [0.15, 0.2) is 28.3 Å². The van der Waals surface area contributed by atoms with E-state index in [0.29, 0.717) is 6.54 Å². The van der Waals surface area contributed by atoms with Crippen molar-refractivity contribution in [2.24, 2.45) is 7.05 Å². The quantitative estimate of drug-likeness (QED) is 0.897. The third-order valence-corrected chi connectivity index (χ3v) is 5.12. The summed E-state index contributed by atoms with van der Waals surface area (Å²) >= 11 is 4.87. The number of carbonyl (C=O) groups is 1. The number of rotatable bonds is 2. The van der Waals surface area contributed by atoms with Gasteiger partial charge in [-0.1, -0.05) is 0 Å². The van der Waals surface area contributed by atoms with E-state index in [4.69, 9.17) is 0 Å². The molecule has 1 unspecified atom stereocenters. The maximum absolute atomic E-state index is 12.7. The molecule has 5 nitrogen and oxygen atoms in total. The van der Waals surface area contributed by atoms with Crippen LogP contribution in [-0.4, -0.2) is 40.0 Å². The van der Waals surface area contributed by atoms with Crippen LogP contribution < -0.4 is 5.32 Å². The molecule has 1 atom stereocenters. The number of imidazole rings is 1. The monoisotopic (exact) mass is 354 g/mol. The zero-order valence-electron chi connectivity index (χ0n) is 11.0. The van der Waals surface area contributed by atoms with Crippen LogP contribution in [0.3, 0.4) is 0 Å². The van der Waals surface area contributed by atoms with Gasteiger partial charge in [0.1, 0.15) is 11.9 Å². The first kappa shape index (κ1) is 13.8. The second-order valence-corrected chi connectivity index (χ2v) is 6.57. The van der Waals surface area contributed by atoms with E-state index in [1.807, 2.05) is 34.2 Å². The smallest absolute Gasteiger partial charge is 0.264 e. The maximum atomic E-state index is 12.7. The minimum absolute atomic E-state index is 0.0166. The van der Waals surface area contributed by atoms with Gasteiger partial charge in [-0.2, -0.15) is 0 Å². The van der Waals surface area contributed by atoms with Gasteiger partial charge in [-0.25, -0.2) is 4.98 Å². The Hall–Kier alpha value is -1.18. The lowest BCUT2D eigenvalue weighted by molar-refractivity contribution is 0.0626. The largest absolute Gasteiger partial charge is 0.336 e. The van der Waals surface area contributed by atoms with Crippen molar-refractivity contribution < 1.29 is 4.79 Å². The standard InChI is InChI=1S/C13H15BrN4OS/c1-17-4-3-16-12(17)10-7-15-2-5-18(10)13(19)11-6-9(14)8-20-11/h3-4,6,8,10,15H,2,5,7H2,1H3. The fraction of sp³-hybridized carbons (Fsp3) is 0.385. The molecule has 1 saturated heterocycles. The van der Waals surface area contributed by atoms with Crippen LogP contribution in [0.5, 0.6) is 0 Å². The molecule has 0 spiro atoms. The molecule has 20 heavy (non-hydrogen) atoms. The van der Waals surface area contributed by atoms with Gasteiger partial charge in [-0.15, -0.1) is 11.3 Å². The second kappa shape index (κ2) is 5.67. The number of aryl methyl sites for hydroxylation is 1. The summed E-state index contributed by atoms with van der Waals surface area (Å²) in [5, 5.41) is 5.27. The summed E-state index contributed by atoms with van der Waals surface area (Å²) in [6, 6.07) is 1.86. The van der Waals surface area contributed by atoms with Gasteiger partial charge < -0.3 is 14.8 Å². The van der Waals surface area contributed by atoms with E-state index in [2.05, 4.69) is 26.2 Å². The summed E-state index contributed by atoms with van der Waals surface area (Å²) in [6.07, 6.45) is 3.68. The Balaban J connectivity index is 1.89. The number of halogens is 1. The van der Waals surface area contributed by atoms with Crippen LogP contribution in [0.1, 0.15) is 21.5 Å². The van der Waals surface area contributed by atoms with Crippen molar-refractivity contribution >= 4 is 33.2 Å². The molecule has 0 aliphatic carbocycles. The molecule has 106 valence electrons. The Labute approximate surface area is 129 Å². The highest BCUT2D eigenvalue weighted by molar-refractivity contribution is 9.10. The number of hydrogen-bond donors (Lipinski definition) is 1. The Morgan fingerprint density at radius 3 is 3.10 bits per heavy atom. The first-order chi connectivity index (χ1) is 9.66. The van der Waals surface area contributed by atoms with Crippen molar-refractivity contribution in [2.75, 3.05) is 19.6 Å². The predicted molar refractivity (Wildman–Crippen MR) is 81.9 cm³/mol. The topological polar surface area (TPSA) is 50.2 Å². The predicted octanol–water partition coefficient (Wildman–Crippen LogP) is 2.03. The highest BCUT2D eigenvalue weighted by Gasteiger charge is 2.31. The van der Waals surface area contributed by atoms with Crippen molar-refractivity contribution in [3.63, 3.8) is 0 Å². The van der Waals surface area contributed by atoms with Gasteiger partial charge in [0, 0.05) is 48.9 Å². The number of nitrogens with zero attached hydrogens (tertiary/aromatic N) is 3. The van der Waals surface area contributed by atoms with E-state index in [1.165, 1.54) is 11.3 Å². The molecule has 0 saturated carbocycles. The summed E-state index contributed by atoms with van der Waals surface area (Å²) < 4.78 is 2.93. The van der Waals surface area contributed by atoms with Gasteiger partial charge in [0.05, 0.1) is 4.88 Å². The molecule has 7 heteroatoms. The highest BCUT2D eigenvalue weighted by Crippen LogP contribution is 2.26. The number of nitrogens with one attached hydrogen (secondary N) is 1. The summed E-state index contributed by atoms with van der Waals surface area (Å²) in [4.78, 5) is 19.8. The maximum Gasteiger partial charge on any atom is 0.264 e. The zero-order chi connectivity index (χ0) is 14.1. The first-order valence-electron chi connectivity index (χ1n) is 6.40. The molecule has 2 aromatic heterocycles. The van der Waals surface area contributed by atoms with Gasteiger partial charge in [0.25, 0.3) is 5.91 Å². The van der Waals surface area contributed by atoms with Crippen molar-refractivity contribution in [3.05, 3.63) is 39.0 Å². The van der Waals surface area contributed by atoms with E-state index in [1.54, 1.807) is 6.20 Å². The summed E-state index contributed by atoms with van der Waals surface area (Å²) in [6.45, 7) is 2.26. The van der Waals surface area contributed by atoms with Gasteiger partial charge in [0.2, 0.25) is 0 Å². The van der Waals surface area contributed by atoms with E-state index < -0.39 is 0 Å². The Bertz CT molecular complexity index is 623. The minimum Gasteiger partial charge on any atom is -0.336 e. The van der Waals surface area contributed by atoms with Crippen molar-refractivity contribution in [3.8, 4) is 0 Å². The van der Waals surface area contributed by atoms with Crippen molar-refractivity contribution in [1.29, 1.82) is 0 Å².